The molecule has 118 valence electrons. The van der Waals surface area contributed by atoms with E-state index in [4.69, 9.17) is 0 Å². The summed E-state index contributed by atoms with van der Waals surface area (Å²) in [5.74, 6) is -2.84. The Hall–Kier alpha value is -2.57. The highest BCUT2D eigenvalue weighted by Gasteiger charge is 2.46. The molecule has 0 aliphatic carbocycles. The van der Waals surface area contributed by atoms with Crippen LogP contribution in [0, 0.1) is 5.82 Å². The molecule has 4 rings (SSSR count). The third-order valence-corrected chi connectivity index (χ3v) is 4.04. The van der Waals surface area contributed by atoms with Gasteiger partial charge in [-0.25, -0.2) is 22.7 Å². The van der Waals surface area contributed by atoms with Crippen molar-refractivity contribution in [1.82, 2.24) is 14.6 Å². The van der Waals surface area contributed by atoms with E-state index in [2.05, 4.69) is 10.1 Å². The monoisotopic (exact) mass is 318 g/mol. The summed E-state index contributed by atoms with van der Waals surface area (Å²) in [7, 11) is 0. The van der Waals surface area contributed by atoms with E-state index in [1.165, 1.54) is 23.1 Å². The van der Waals surface area contributed by atoms with Gasteiger partial charge in [0.2, 0.25) is 0 Å². The van der Waals surface area contributed by atoms with Gasteiger partial charge in [0.1, 0.15) is 11.6 Å². The lowest BCUT2D eigenvalue weighted by atomic mass is 10.0. The highest BCUT2D eigenvalue weighted by molar-refractivity contribution is 5.50. The first-order valence-corrected chi connectivity index (χ1v) is 7.22. The Balaban J connectivity index is 1.77. The van der Waals surface area contributed by atoms with Gasteiger partial charge in [-0.2, -0.15) is 5.10 Å². The first-order valence-electron chi connectivity index (χ1n) is 7.22. The molecule has 0 bridgehead atoms. The average Bonchev–Trinajstić information content (AvgIpc) is 3.10. The number of aromatic nitrogens is 3. The van der Waals surface area contributed by atoms with Gasteiger partial charge in [-0.1, -0.05) is 12.1 Å². The van der Waals surface area contributed by atoms with E-state index < -0.39 is 24.3 Å². The zero-order chi connectivity index (χ0) is 16.0. The van der Waals surface area contributed by atoms with E-state index in [1.807, 2.05) is 0 Å². The lowest BCUT2D eigenvalue weighted by molar-refractivity contribution is 0.0222. The minimum absolute atomic E-state index is 0.359. The minimum atomic E-state index is -2.84. The van der Waals surface area contributed by atoms with E-state index in [0.29, 0.717) is 17.0 Å². The highest BCUT2D eigenvalue weighted by Crippen LogP contribution is 2.43. The standard InChI is InChI=1S/C16H13F3N4/c17-12-3-1-2-11(8-12)13-9-16(18,19)10-22(13)14-5-7-23-15(21-14)4-6-20-23/h1-8,13H,9-10H2/t13-/m1/s1. The number of fused-ring (bicyclic) bond motifs is 1. The van der Waals surface area contributed by atoms with Crippen LogP contribution in [-0.2, 0) is 0 Å². The molecule has 4 nitrogen and oxygen atoms in total. The average molecular weight is 318 g/mol. The number of hydrogen-bond donors (Lipinski definition) is 0. The summed E-state index contributed by atoms with van der Waals surface area (Å²) in [6, 6.07) is 8.54. The Kier molecular flexibility index (Phi) is 3.04. The van der Waals surface area contributed by atoms with Crippen LogP contribution in [0.3, 0.4) is 0 Å². The van der Waals surface area contributed by atoms with Crippen molar-refractivity contribution in [3.63, 3.8) is 0 Å². The second kappa shape index (κ2) is 4.97. The topological polar surface area (TPSA) is 33.4 Å². The van der Waals surface area contributed by atoms with Gasteiger partial charge in [0.05, 0.1) is 18.8 Å². The van der Waals surface area contributed by atoms with Crippen molar-refractivity contribution in [1.29, 1.82) is 0 Å². The zero-order valence-electron chi connectivity index (χ0n) is 12.0. The smallest absolute Gasteiger partial charge is 0.267 e. The summed E-state index contributed by atoms with van der Waals surface area (Å²) in [5, 5.41) is 4.04. The molecule has 0 N–H and O–H groups in total. The fourth-order valence-corrected chi connectivity index (χ4v) is 3.03. The maximum atomic E-state index is 14.0. The Morgan fingerprint density at radius 3 is 2.87 bits per heavy atom. The van der Waals surface area contributed by atoms with E-state index in [9.17, 15) is 13.2 Å². The Bertz CT molecular complexity index is 861. The van der Waals surface area contributed by atoms with E-state index in [0.717, 1.165) is 0 Å². The minimum Gasteiger partial charge on any atom is -0.343 e. The van der Waals surface area contributed by atoms with Crippen molar-refractivity contribution in [2.45, 2.75) is 18.4 Å². The fourth-order valence-electron chi connectivity index (χ4n) is 3.03. The van der Waals surface area contributed by atoms with Crippen molar-refractivity contribution in [2.24, 2.45) is 0 Å². The molecule has 0 saturated carbocycles. The molecule has 23 heavy (non-hydrogen) atoms. The van der Waals surface area contributed by atoms with Crippen LogP contribution in [0.1, 0.15) is 18.0 Å². The third-order valence-electron chi connectivity index (χ3n) is 4.04. The highest BCUT2D eigenvalue weighted by atomic mass is 19.3. The molecule has 1 fully saturated rings. The number of anilines is 1. The molecule has 0 unspecified atom stereocenters. The molecule has 1 aliphatic heterocycles. The number of benzene rings is 1. The number of hydrogen-bond acceptors (Lipinski definition) is 3. The maximum Gasteiger partial charge on any atom is 0.267 e. The summed E-state index contributed by atoms with van der Waals surface area (Å²) >= 11 is 0. The van der Waals surface area contributed by atoms with E-state index >= 15 is 0 Å². The van der Waals surface area contributed by atoms with Crippen molar-refractivity contribution in [2.75, 3.05) is 11.4 Å². The lowest BCUT2D eigenvalue weighted by Gasteiger charge is -2.25. The first-order chi connectivity index (χ1) is 11.0. The predicted octanol–water partition coefficient (Wildman–Crippen LogP) is 3.46. The van der Waals surface area contributed by atoms with Gasteiger partial charge in [-0.3, -0.25) is 0 Å². The number of alkyl halides is 2. The van der Waals surface area contributed by atoms with Crippen LogP contribution in [0.5, 0.6) is 0 Å². The lowest BCUT2D eigenvalue weighted by Crippen LogP contribution is -2.27. The van der Waals surface area contributed by atoms with Gasteiger partial charge >= 0.3 is 0 Å². The normalized spacial score (nSPS) is 20.3. The number of rotatable bonds is 2. The predicted molar refractivity (Wildman–Crippen MR) is 79.0 cm³/mol. The number of nitrogens with zero attached hydrogens (tertiary/aromatic N) is 4. The van der Waals surface area contributed by atoms with Crippen molar-refractivity contribution < 1.29 is 13.2 Å². The van der Waals surface area contributed by atoms with Gasteiger partial charge < -0.3 is 4.90 Å². The molecule has 0 amide bonds. The van der Waals surface area contributed by atoms with Crippen molar-refractivity contribution >= 4 is 11.5 Å². The molecule has 1 aromatic carbocycles. The van der Waals surface area contributed by atoms with Crippen LogP contribution in [0.15, 0.2) is 48.8 Å². The molecule has 3 aromatic rings. The quantitative estimate of drug-likeness (QED) is 0.725. The summed E-state index contributed by atoms with van der Waals surface area (Å²) in [6.45, 7) is -0.439. The molecular weight excluding hydrogens is 305 g/mol. The molecule has 1 atom stereocenters. The summed E-state index contributed by atoms with van der Waals surface area (Å²) in [4.78, 5) is 5.91. The largest absolute Gasteiger partial charge is 0.343 e. The molecular formula is C16H13F3N4. The fraction of sp³-hybridized carbons (Fsp3) is 0.250. The molecule has 7 heteroatoms. The second-order valence-corrected chi connectivity index (χ2v) is 5.68. The summed E-state index contributed by atoms with van der Waals surface area (Å²) in [5.41, 5.74) is 1.10. The van der Waals surface area contributed by atoms with Gasteiger partial charge in [-0.15, -0.1) is 0 Å². The van der Waals surface area contributed by atoms with E-state index in [-0.39, 0.29) is 6.42 Å². The van der Waals surface area contributed by atoms with Crippen LogP contribution < -0.4 is 4.90 Å². The third kappa shape index (κ3) is 2.52. The van der Waals surface area contributed by atoms with Crippen LogP contribution in [0.25, 0.3) is 5.65 Å². The van der Waals surface area contributed by atoms with Crippen molar-refractivity contribution in [3.8, 4) is 0 Å². The summed E-state index contributed by atoms with van der Waals surface area (Å²) < 4.78 is 43.0. The van der Waals surface area contributed by atoms with Crippen molar-refractivity contribution in [3.05, 3.63) is 60.2 Å². The van der Waals surface area contributed by atoms with Gasteiger partial charge in [0, 0.05) is 18.7 Å². The SMILES string of the molecule is Fc1cccc([C@H]2CC(F)(F)CN2c2ccn3nccc3n2)c1. The summed E-state index contributed by atoms with van der Waals surface area (Å²) in [6.07, 6.45) is 2.91. The van der Waals surface area contributed by atoms with Crippen LogP contribution in [0.2, 0.25) is 0 Å². The molecule has 3 heterocycles. The van der Waals surface area contributed by atoms with Gasteiger partial charge in [-0.05, 0) is 23.8 Å². The molecule has 2 aromatic heterocycles. The first kappa shape index (κ1) is 14.0. The Morgan fingerprint density at radius 2 is 2.04 bits per heavy atom. The Morgan fingerprint density at radius 1 is 1.17 bits per heavy atom. The van der Waals surface area contributed by atoms with Crippen LogP contribution in [0.4, 0.5) is 19.0 Å². The second-order valence-electron chi connectivity index (χ2n) is 5.68. The zero-order valence-corrected chi connectivity index (χ0v) is 12.0. The van der Waals surface area contributed by atoms with E-state index in [1.54, 1.807) is 35.1 Å². The molecule has 0 spiro atoms. The maximum absolute atomic E-state index is 14.0. The van der Waals surface area contributed by atoms with Crippen LogP contribution in [-0.4, -0.2) is 27.1 Å². The van der Waals surface area contributed by atoms with Gasteiger partial charge in [0.25, 0.3) is 5.92 Å². The molecule has 0 radical (unpaired) electrons. The molecule has 1 aliphatic rings. The number of halogens is 3. The molecule has 1 saturated heterocycles. The van der Waals surface area contributed by atoms with Crippen LogP contribution >= 0.6 is 0 Å². The van der Waals surface area contributed by atoms with Gasteiger partial charge in [0.15, 0.2) is 5.65 Å². The Labute approximate surface area is 130 Å².